The Morgan fingerprint density at radius 2 is 1.90 bits per heavy atom. The first kappa shape index (κ1) is 9.84. The van der Waals surface area contributed by atoms with Crippen LogP contribution in [0.2, 0.25) is 0 Å². The Hall–Kier alpha value is -0.160. The van der Waals surface area contributed by atoms with Crippen LogP contribution in [0.5, 0.6) is 0 Å². The van der Waals surface area contributed by atoms with E-state index in [1.165, 1.54) is 0 Å². The van der Waals surface area contributed by atoms with Gasteiger partial charge >= 0.3 is 0 Å². The molecule has 0 aromatic carbocycles. The molecule has 0 fully saturated rings. The van der Waals surface area contributed by atoms with Gasteiger partial charge in [0.15, 0.2) is 0 Å². The van der Waals surface area contributed by atoms with E-state index >= 15 is 0 Å². The van der Waals surface area contributed by atoms with Crippen molar-refractivity contribution in [3.63, 3.8) is 0 Å². The van der Waals surface area contributed by atoms with Crippen molar-refractivity contribution < 1.29 is 14.3 Å². The summed E-state index contributed by atoms with van der Waals surface area (Å²) in [7, 11) is 1.67. The molecule has 0 aliphatic heterocycles. The number of hydrogen-bond donors (Lipinski definition) is 1. The van der Waals surface area contributed by atoms with Gasteiger partial charge in [-0.15, -0.1) is 0 Å². The first-order valence-electron chi connectivity index (χ1n) is 3.30. The predicted octanol–water partition coefficient (Wildman–Crippen LogP) is -0.0702. The third-order valence-corrected chi connectivity index (χ3v) is 0.983. The van der Waals surface area contributed by atoms with Crippen LogP contribution in [-0.2, 0) is 14.3 Å². The van der Waals surface area contributed by atoms with E-state index in [0.717, 1.165) is 13.0 Å². The zero-order valence-corrected chi connectivity index (χ0v) is 6.34. The van der Waals surface area contributed by atoms with Crippen LogP contribution in [0.25, 0.3) is 0 Å². The Kier molecular flexibility index (Phi) is 8.70. The van der Waals surface area contributed by atoms with Gasteiger partial charge in [0, 0.05) is 20.3 Å². The standard InChI is InChI=1S/C6H15NO3/c1-8-3-2-4-9-5-6-10-7/h2-7H2,1H3. The average molecular weight is 149 g/mol. The van der Waals surface area contributed by atoms with E-state index in [2.05, 4.69) is 4.84 Å². The Morgan fingerprint density at radius 1 is 1.10 bits per heavy atom. The Balaban J connectivity index is 2.65. The fourth-order valence-corrected chi connectivity index (χ4v) is 0.514. The zero-order valence-electron chi connectivity index (χ0n) is 6.34. The number of ether oxygens (including phenoxy) is 2. The molecule has 0 rings (SSSR count). The Morgan fingerprint density at radius 3 is 2.50 bits per heavy atom. The van der Waals surface area contributed by atoms with E-state index in [1.807, 2.05) is 0 Å². The molecule has 0 spiro atoms. The molecule has 0 bridgehead atoms. The van der Waals surface area contributed by atoms with Gasteiger partial charge in [0.05, 0.1) is 13.2 Å². The summed E-state index contributed by atoms with van der Waals surface area (Å²) in [5.74, 6) is 4.76. The molecule has 62 valence electrons. The lowest BCUT2D eigenvalue weighted by atomic mass is 10.5. The van der Waals surface area contributed by atoms with E-state index < -0.39 is 0 Å². The summed E-state index contributed by atoms with van der Waals surface area (Å²) in [5, 5.41) is 0. The van der Waals surface area contributed by atoms with Crippen LogP contribution in [0, 0.1) is 0 Å². The highest BCUT2D eigenvalue weighted by Crippen LogP contribution is 1.82. The van der Waals surface area contributed by atoms with Crippen LogP contribution >= 0.6 is 0 Å². The highest BCUT2D eigenvalue weighted by molar-refractivity contribution is 4.32. The van der Waals surface area contributed by atoms with Gasteiger partial charge in [-0.05, 0) is 6.42 Å². The summed E-state index contributed by atoms with van der Waals surface area (Å²) in [6.45, 7) is 2.45. The molecular formula is C6H15NO3. The van der Waals surface area contributed by atoms with Crippen molar-refractivity contribution in [1.82, 2.24) is 0 Å². The van der Waals surface area contributed by atoms with Crippen molar-refractivity contribution >= 4 is 0 Å². The second-order valence-electron chi connectivity index (χ2n) is 1.83. The highest BCUT2D eigenvalue weighted by Gasteiger charge is 1.87. The van der Waals surface area contributed by atoms with Crippen molar-refractivity contribution in [3.8, 4) is 0 Å². The molecule has 0 saturated heterocycles. The lowest BCUT2D eigenvalue weighted by Crippen LogP contribution is -2.09. The van der Waals surface area contributed by atoms with Crippen molar-refractivity contribution in [2.45, 2.75) is 6.42 Å². The quantitative estimate of drug-likeness (QED) is 0.406. The lowest BCUT2D eigenvalue weighted by molar-refractivity contribution is 0.0398. The van der Waals surface area contributed by atoms with E-state index in [4.69, 9.17) is 15.4 Å². The maximum atomic E-state index is 5.09. The summed E-state index contributed by atoms with van der Waals surface area (Å²) in [6, 6.07) is 0. The minimum absolute atomic E-state index is 0.451. The van der Waals surface area contributed by atoms with Gasteiger partial charge in [-0.3, -0.25) is 0 Å². The van der Waals surface area contributed by atoms with Crippen molar-refractivity contribution in [2.24, 2.45) is 5.90 Å². The molecule has 0 radical (unpaired) electrons. The average Bonchev–Trinajstić information content (AvgIpc) is 1.97. The Bertz CT molecular complexity index is 53.0. The minimum atomic E-state index is 0.451. The SMILES string of the molecule is COCCCOCCON. The topological polar surface area (TPSA) is 53.7 Å². The second-order valence-corrected chi connectivity index (χ2v) is 1.83. The van der Waals surface area contributed by atoms with Crippen LogP contribution in [0.3, 0.4) is 0 Å². The van der Waals surface area contributed by atoms with E-state index in [-0.39, 0.29) is 0 Å². The molecule has 0 aromatic rings. The molecule has 0 amide bonds. The molecule has 0 aliphatic carbocycles. The second kappa shape index (κ2) is 8.84. The minimum Gasteiger partial charge on any atom is -0.385 e. The predicted molar refractivity (Wildman–Crippen MR) is 37.5 cm³/mol. The molecule has 0 aliphatic rings. The fourth-order valence-electron chi connectivity index (χ4n) is 0.514. The molecule has 0 heterocycles. The molecule has 0 saturated carbocycles. The maximum Gasteiger partial charge on any atom is 0.0913 e. The molecular weight excluding hydrogens is 134 g/mol. The van der Waals surface area contributed by atoms with E-state index in [1.54, 1.807) is 7.11 Å². The number of methoxy groups -OCH3 is 1. The van der Waals surface area contributed by atoms with Gasteiger partial charge in [-0.2, -0.15) is 0 Å². The molecule has 10 heavy (non-hydrogen) atoms. The molecule has 0 atom stereocenters. The monoisotopic (exact) mass is 149 g/mol. The zero-order chi connectivity index (χ0) is 7.66. The van der Waals surface area contributed by atoms with Gasteiger partial charge in [0.2, 0.25) is 0 Å². The van der Waals surface area contributed by atoms with Gasteiger partial charge in [0.25, 0.3) is 0 Å². The first-order valence-corrected chi connectivity index (χ1v) is 3.30. The highest BCUT2D eigenvalue weighted by atomic mass is 16.6. The third-order valence-electron chi connectivity index (χ3n) is 0.983. The Labute approximate surface area is 61.2 Å². The summed E-state index contributed by atoms with van der Waals surface area (Å²) < 4.78 is 9.90. The van der Waals surface area contributed by atoms with Crippen molar-refractivity contribution in [3.05, 3.63) is 0 Å². The molecule has 2 N–H and O–H groups in total. The van der Waals surface area contributed by atoms with Crippen molar-refractivity contribution in [2.75, 3.05) is 33.5 Å². The smallest absolute Gasteiger partial charge is 0.0913 e. The van der Waals surface area contributed by atoms with Crippen LogP contribution in [0.1, 0.15) is 6.42 Å². The molecule has 4 heteroatoms. The molecule has 0 aromatic heterocycles. The van der Waals surface area contributed by atoms with Crippen LogP contribution in [0.4, 0.5) is 0 Å². The summed E-state index contributed by atoms with van der Waals surface area (Å²) in [4.78, 5) is 4.29. The summed E-state index contributed by atoms with van der Waals surface area (Å²) in [5.41, 5.74) is 0. The van der Waals surface area contributed by atoms with Crippen LogP contribution in [-0.4, -0.2) is 33.5 Å². The fraction of sp³-hybridized carbons (Fsp3) is 1.00. The molecule has 4 nitrogen and oxygen atoms in total. The number of rotatable bonds is 7. The lowest BCUT2D eigenvalue weighted by Gasteiger charge is -2.01. The van der Waals surface area contributed by atoms with E-state index in [9.17, 15) is 0 Å². The van der Waals surface area contributed by atoms with Crippen LogP contribution < -0.4 is 5.90 Å². The molecule has 0 unspecified atom stereocenters. The number of hydrogen-bond acceptors (Lipinski definition) is 4. The van der Waals surface area contributed by atoms with Crippen molar-refractivity contribution in [1.29, 1.82) is 0 Å². The normalized spacial score (nSPS) is 10.2. The van der Waals surface area contributed by atoms with E-state index in [0.29, 0.717) is 19.8 Å². The summed E-state index contributed by atoms with van der Waals surface area (Å²) >= 11 is 0. The van der Waals surface area contributed by atoms with Gasteiger partial charge in [-0.25, -0.2) is 5.90 Å². The van der Waals surface area contributed by atoms with Gasteiger partial charge in [-0.1, -0.05) is 0 Å². The number of nitrogens with two attached hydrogens (primary N) is 1. The largest absolute Gasteiger partial charge is 0.385 e. The van der Waals surface area contributed by atoms with Gasteiger partial charge < -0.3 is 14.3 Å². The third kappa shape index (κ3) is 7.84. The van der Waals surface area contributed by atoms with Gasteiger partial charge in [0.1, 0.15) is 0 Å². The summed E-state index contributed by atoms with van der Waals surface area (Å²) in [6.07, 6.45) is 0.918. The first-order chi connectivity index (χ1) is 4.91. The van der Waals surface area contributed by atoms with Crippen LogP contribution in [0.15, 0.2) is 0 Å². The maximum absolute atomic E-state index is 5.09.